The van der Waals surface area contributed by atoms with E-state index in [1.165, 1.54) is 12.8 Å². The van der Waals surface area contributed by atoms with Gasteiger partial charge in [0.2, 0.25) is 0 Å². The van der Waals surface area contributed by atoms with Crippen molar-refractivity contribution in [2.45, 2.75) is 45.4 Å². The van der Waals surface area contributed by atoms with Crippen LogP contribution in [0.15, 0.2) is 0 Å². The summed E-state index contributed by atoms with van der Waals surface area (Å²) < 4.78 is 0. The van der Waals surface area contributed by atoms with Gasteiger partial charge < -0.3 is 15.7 Å². The molecule has 0 aliphatic carbocycles. The van der Waals surface area contributed by atoms with Gasteiger partial charge in [0, 0.05) is 19.5 Å². The lowest BCUT2D eigenvalue weighted by atomic mass is 10.2. The number of carboxylic acid groups (broad SMARTS) is 1. The molecule has 3 N–H and O–H groups in total. The highest BCUT2D eigenvalue weighted by atomic mass is 16.4. The SMILES string of the molecule is CCCCCCNC(=O)NCCCC(=O)O. The molecule has 5 nitrogen and oxygen atoms in total. The van der Waals surface area contributed by atoms with Gasteiger partial charge in [-0.25, -0.2) is 4.79 Å². The Labute approximate surface area is 96.6 Å². The number of hydrogen-bond acceptors (Lipinski definition) is 2. The second kappa shape index (κ2) is 10.3. The zero-order chi connectivity index (χ0) is 12.2. The summed E-state index contributed by atoms with van der Waals surface area (Å²) in [5.74, 6) is -0.832. The molecule has 2 amide bonds. The zero-order valence-electron chi connectivity index (χ0n) is 9.92. The van der Waals surface area contributed by atoms with E-state index in [9.17, 15) is 9.59 Å². The molecule has 0 aliphatic heterocycles. The molecule has 0 heterocycles. The Kier molecular flexibility index (Phi) is 9.46. The predicted molar refractivity (Wildman–Crippen MR) is 62.4 cm³/mol. The molecule has 5 heteroatoms. The highest BCUT2D eigenvalue weighted by Gasteiger charge is 2.00. The third-order valence-electron chi connectivity index (χ3n) is 2.17. The van der Waals surface area contributed by atoms with Gasteiger partial charge in [-0.05, 0) is 12.8 Å². The smallest absolute Gasteiger partial charge is 0.314 e. The Morgan fingerprint density at radius 3 is 2.19 bits per heavy atom. The number of rotatable bonds is 9. The fourth-order valence-electron chi connectivity index (χ4n) is 1.26. The van der Waals surface area contributed by atoms with Crippen LogP contribution >= 0.6 is 0 Å². The minimum atomic E-state index is -0.832. The van der Waals surface area contributed by atoms with E-state index >= 15 is 0 Å². The van der Waals surface area contributed by atoms with Gasteiger partial charge in [0.1, 0.15) is 0 Å². The Morgan fingerprint density at radius 1 is 1.00 bits per heavy atom. The summed E-state index contributed by atoms with van der Waals surface area (Å²) in [6, 6.07) is -0.207. The van der Waals surface area contributed by atoms with E-state index in [1.54, 1.807) is 0 Å². The number of aliphatic carboxylic acids is 1. The van der Waals surface area contributed by atoms with E-state index in [2.05, 4.69) is 17.6 Å². The van der Waals surface area contributed by atoms with Crippen LogP contribution in [0, 0.1) is 0 Å². The minimum Gasteiger partial charge on any atom is -0.481 e. The molecule has 0 aromatic carbocycles. The Hall–Kier alpha value is -1.26. The first-order valence-electron chi connectivity index (χ1n) is 5.90. The Bertz CT molecular complexity index is 207. The lowest BCUT2D eigenvalue weighted by Crippen LogP contribution is -2.36. The van der Waals surface area contributed by atoms with Gasteiger partial charge in [-0.3, -0.25) is 4.79 Å². The molecule has 0 aromatic heterocycles. The highest BCUT2D eigenvalue weighted by Crippen LogP contribution is 1.96. The van der Waals surface area contributed by atoms with Crippen molar-refractivity contribution >= 4 is 12.0 Å². The summed E-state index contributed by atoms with van der Waals surface area (Å²) in [7, 11) is 0. The topological polar surface area (TPSA) is 78.4 Å². The van der Waals surface area contributed by atoms with Crippen molar-refractivity contribution < 1.29 is 14.7 Å². The van der Waals surface area contributed by atoms with Crippen molar-refractivity contribution in [2.75, 3.05) is 13.1 Å². The van der Waals surface area contributed by atoms with E-state index in [-0.39, 0.29) is 12.5 Å². The van der Waals surface area contributed by atoms with Gasteiger partial charge in [-0.1, -0.05) is 26.2 Å². The number of urea groups is 1. The van der Waals surface area contributed by atoms with Gasteiger partial charge in [0.15, 0.2) is 0 Å². The van der Waals surface area contributed by atoms with Crippen molar-refractivity contribution in [3.8, 4) is 0 Å². The number of hydrogen-bond donors (Lipinski definition) is 3. The van der Waals surface area contributed by atoms with E-state index in [0.717, 1.165) is 12.8 Å². The van der Waals surface area contributed by atoms with E-state index in [4.69, 9.17) is 5.11 Å². The van der Waals surface area contributed by atoms with Crippen LogP contribution in [0.2, 0.25) is 0 Å². The monoisotopic (exact) mass is 230 g/mol. The van der Waals surface area contributed by atoms with Crippen molar-refractivity contribution in [3.63, 3.8) is 0 Å². The van der Waals surface area contributed by atoms with Crippen LogP contribution in [-0.4, -0.2) is 30.2 Å². The average molecular weight is 230 g/mol. The molecule has 0 bridgehead atoms. The van der Waals surface area contributed by atoms with Crippen molar-refractivity contribution in [1.82, 2.24) is 10.6 Å². The Morgan fingerprint density at radius 2 is 1.62 bits per heavy atom. The van der Waals surface area contributed by atoms with Crippen LogP contribution in [-0.2, 0) is 4.79 Å². The molecule has 0 spiro atoms. The number of carboxylic acids is 1. The highest BCUT2D eigenvalue weighted by molar-refractivity contribution is 5.73. The maximum atomic E-state index is 11.2. The molecule has 16 heavy (non-hydrogen) atoms. The molecule has 0 fully saturated rings. The molecular weight excluding hydrogens is 208 g/mol. The van der Waals surface area contributed by atoms with E-state index in [0.29, 0.717) is 19.5 Å². The first-order chi connectivity index (χ1) is 7.66. The summed E-state index contributed by atoms with van der Waals surface area (Å²) in [5.41, 5.74) is 0. The molecule has 94 valence electrons. The zero-order valence-corrected chi connectivity index (χ0v) is 9.92. The van der Waals surface area contributed by atoms with Gasteiger partial charge in [-0.2, -0.15) is 0 Å². The first kappa shape index (κ1) is 14.7. The molecule has 0 radical (unpaired) electrons. The van der Waals surface area contributed by atoms with Gasteiger partial charge in [-0.15, -0.1) is 0 Å². The summed E-state index contributed by atoms with van der Waals surface area (Å²) in [5, 5.41) is 13.7. The normalized spacial score (nSPS) is 9.81. The number of carbonyl (C=O) groups excluding carboxylic acids is 1. The lowest BCUT2D eigenvalue weighted by Gasteiger charge is -2.06. The fraction of sp³-hybridized carbons (Fsp3) is 0.818. The molecule has 0 unspecified atom stereocenters. The van der Waals surface area contributed by atoms with Crippen LogP contribution < -0.4 is 10.6 Å². The molecule has 0 atom stereocenters. The van der Waals surface area contributed by atoms with Crippen LogP contribution in [0.3, 0.4) is 0 Å². The third-order valence-corrected chi connectivity index (χ3v) is 2.17. The van der Waals surface area contributed by atoms with Crippen molar-refractivity contribution in [2.24, 2.45) is 0 Å². The fourth-order valence-corrected chi connectivity index (χ4v) is 1.26. The molecule has 0 rings (SSSR count). The maximum absolute atomic E-state index is 11.2. The predicted octanol–water partition coefficient (Wildman–Crippen LogP) is 1.73. The molecule has 0 saturated heterocycles. The van der Waals surface area contributed by atoms with Crippen molar-refractivity contribution in [1.29, 1.82) is 0 Å². The average Bonchev–Trinajstić information content (AvgIpc) is 2.24. The van der Waals surface area contributed by atoms with Crippen LogP contribution in [0.1, 0.15) is 45.4 Å². The van der Waals surface area contributed by atoms with Crippen LogP contribution in [0.4, 0.5) is 4.79 Å². The number of unbranched alkanes of at least 4 members (excludes halogenated alkanes) is 3. The summed E-state index contributed by atoms with van der Waals surface area (Å²) in [6.07, 6.45) is 5.07. The van der Waals surface area contributed by atoms with Crippen LogP contribution in [0.25, 0.3) is 0 Å². The number of amides is 2. The lowest BCUT2D eigenvalue weighted by molar-refractivity contribution is -0.137. The second-order valence-corrected chi connectivity index (χ2v) is 3.74. The first-order valence-corrected chi connectivity index (χ1v) is 5.90. The van der Waals surface area contributed by atoms with Gasteiger partial charge >= 0.3 is 12.0 Å². The van der Waals surface area contributed by atoms with E-state index in [1.807, 2.05) is 0 Å². The maximum Gasteiger partial charge on any atom is 0.314 e. The van der Waals surface area contributed by atoms with Crippen molar-refractivity contribution in [3.05, 3.63) is 0 Å². The van der Waals surface area contributed by atoms with Crippen LogP contribution in [0.5, 0.6) is 0 Å². The number of carbonyl (C=O) groups is 2. The molecule has 0 aliphatic rings. The van der Waals surface area contributed by atoms with E-state index < -0.39 is 5.97 Å². The van der Waals surface area contributed by atoms with Gasteiger partial charge in [0.25, 0.3) is 0 Å². The molecular formula is C11H22N2O3. The molecule has 0 aromatic rings. The largest absolute Gasteiger partial charge is 0.481 e. The third kappa shape index (κ3) is 10.8. The van der Waals surface area contributed by atoms with Gasteiger partial charge in [0.05, 0.1) is 0 Å². The second-order valence-electron chi connectivity index (χ2n) is 3.74. The summed E-state index contributed by atoms with van der Waals surface area (Å²) in [4.78, 5) is 21.3. The summed E-state index contributed by atoms with van der Waals surface area (Å²) >= 11 is 0. The quantitative estimate of drug-likeness (QED) is 0.528. The minimum absolute atomic E-state index is 0.0940. The summed E-state index contributed by atoms with van der Waals surface area (Å²) in [6.45, 7) is 3.24. The molecule has 0 saturated carbocycles. The number of nitrogens with one attached hydrogen (secondary N) is 2. The standard InChI is InChI=1S/C11H22N2O3/c1-2-3-4-5-8-12-11(16)13-9-6-7-10(14)15/h2-9H2,1H3,(H,14,15)(H2,12,13,16). The Balaban J connectivity index is 3.21.